The summed E-state index contributed by atoms with van der Waals surface area (Å²) in [7, 11) is 1.54. The van der Waals surface area contributed by atoms with E-state index in [1.54, 1.807) is 13.2 Å². The quantitative estimate of drug-likeness (QED) is 0.347. The first kappa shape index (κ1) is 14.0. The lowest BCUT2D eigenvalue weighted by atomic mass is 10.1. The Bertz CT molecular complexity index is 452. The molecule has 1 rings (SSSR count). The van der Waals surface area contributed by atoms with Crippen molar-refractivity contribution in [3.8, 4) is 18.1 Å². The van der Waals surface area contributed by atoms with E-state index in [9.17, 15) is 10.1 Å². The summed E-state index contributed by atoms with van der Waals surface area (Å²) in [6.07, 6.45) is 6.75. The SMILES string of the molecule is C#CCCCNCc1cc([N+](=O)[O-])ccc1OC. The highest BCUT2D eigenvalue weighted by Crippen LogP contribution is 2.23. The number of nitrogens with one attached hydrogen (secondary N) is 1. The van der Waals surface area contributed by atoms with Crippen LogP contribution >= 0.6 is 0 Å². The second-order valence-corrected chi connectivity index (χ2v) is 3.74. The Kier molecular flexibility index (Phi) is 5.68. The van der Waals surface area contributed by atoms with Crippen molar-refractivity contribution in [2.75, 3.05) is 13.7 Å². The normalized spacial score (nSPS) is 9.78. The molecule has 18 heavy (non-hydrogen) atoms. The molecule has 5 heteroatoms. The van der Waals surface area contributed by atoms with Gasteiger partial charge in [0.05, 0.1) is 12.0 Å². The minimum atomic E-state index is -0.415. The lowest BCUT2D eigenvalue weighted by Crippen LogP contribution is -2.15. The number of ether oxygens (including phenoxy) is 1. The van der Waals surface area contributed by atoms with E-state index in [2.05, 4.69) is 11.2 Å². The van der Waals surface area contributed by atoms with Gasteiger partial charge in [-0.05, 0) is 19.0 Å². The Morgan fingerprint density at radius 1 is 1.56 bits per heavy atom. The molecule has 0 amide bonds. The van der Waals surface area contributed by atoms with Gasteiger partial charge < -0.3 is 10.1 Å². The van der Waals surface area contributed by atoms with Gasteiger partial charge >= 0.3 is 0 Å². The lowest BCUT2D eigenvalue weighted by molar-refractivity contribution is -0.384. The van der Waals surface area contributed by atoms with Crippen LogP contribution in [0.4, 0.5) is 5.69 Å². The Morgan fingerprint density at radius 2 is 2.33 bits per heavy atom. The number of terminal acetylenes is 1. The number of hydrogen-bond acceptors (Lipinski definition) is 4. The number of hydrogen-bond donors (Lipinski definition) is 1. The van der Waals surface area contributed by atoms with Gasteiger partial charge in [-0.3, -0.25) is 10.1 Å². The maximum Gasteiger partial charge on any atom is 0.270 e. The minimum Gasteiger partial charge on any atom is -0.496 e. The minimum absolute atomic E-state index is 0.0659. The first-order chi connectivity index (χ1) is 8.69. The van der Waals surface area contributed by atoms with Crippen molar-refractivity contribution in [3.63, 3.8) is 0 Å². The molecular weight excluding hydrogens is 232 g/mol. The topological polar surface area (TPSA) is 64.4 Å². The standard InChI is InChI=1S/C13H16N2O3/c1-3-4-5-8-14-10-11-9-12(15(16)17)6-7-13(11)18-2/h1,6-7,9,14H,4-5,8,10H2,2H3. The highest BCUT2D eigenvalue weighted by Gasteiger charge is 2.10. The molecule has 0 unspecified atom stereocenters. The number of nitro groups is 1. The van der Waals surface area contributed by atoms with Gasteiger partial charge in [-0.2, -0.15) is 0 Å². The van der Waals surface area contributed by atoms with Crippen molar-refractivity contribution in [1.82, 2.24) is 5.32 Å². The molecule has 0 aliphatic heterocycles. The first-order valence-corrected chi connectivity index (χ1v) is 5.64. The van der Waals surface area contributed by atoms with Crippen LogP contribution in [0.3, 0.4) is 0 Å². The predicted molar refractivity (Wildman–Crippen MR) is 69.4 cm³/mol. The smallest absolute Gasteiger partial charge is 0.270 e. The van der Waals surface area contributed by atoms with Crippen LogP contribution < -0.4 is 10.1 Å². The number of non-ortho nitro benzene ring substituents is 1. The Hall–Kier alpha value is -2.06. The van der Waals surface area contributed by atoms with Crippen LogP contribution in [0, 0.1) is 22.5 Å². The van der Waals surface area contributed by atoms with E-state index in [1.165, 1.54) is 12.1 Å². The molecule has 0 saturated carbocycles. The van der Waals surface area contributed by atoms with E-state index in [4.69, 9.17) is 11.2 Å². The van der Waals surface area contributed by atoms with Gasteiger partial charge in [0, 0.05) is 30.7 Å². The molecule has 96 valence electrons. The average molecular weight is 248 g/mol. The molecular formula is C13H16N2O3. The molecule has 0 atom stereocenters. The fourth-order valence-electron chi connectivity index (χ4n) is 1.56. The van der Waals surface area contributed by atoms with E-state index in [-0.39, 0.29) is 5.69 Å². The maximum absolute atomic E-state index is 10.7. The third kappa shape index (κ3) is 4.07. The largest absolute Gasteiger partial charge is 0.496 e. The molecule has 0 saturated heterocycles. The van der Waals surface area contributed by atoms with E-state index in [0.29, 0.717) is 12.3 Å². The van der Waals surface area contributed by atoms with Crippen molar-refractivity contribution in [3.05, 3.63) is 33.9 Å². The average Bonchev–Trinajstić information content (AvgIpc) is 2.38. The lowest BCUT2D eigenvalue weighted by Gasteiger charge is -2.09. The maximum atomic E-state index is 10.7. The molecule has 1 aromatic carbocycles. The summed E-state index contributed by atoms with van der Waals surface area (Å²) in [6.45, 7) is 1.30. The van der Waals surface area contributed by atoms with Crippen molar-refractivity contribution in [1.29, 1.82) is 0 Å². The molecule has 1 N–H and O–H groups in total. The highest BCUT2D eigenvalue weighted by atomic mass is 16.6. The van der Waals surface area contributed by atoms with Gasteiger partial charge in [0.1, 0.15) is 5.75 Å². The summed E-state index contributed by atoms with van der Waals surface area (Å²) in [4.78, 5) is 10.3. The van der Waals surface area contributed by atoms with Crippen LogP contribution in [0.15, 0.2) is 18.2 Å². The second-order valence-electron chi connectivity index (χ2n) is 3.74. The number of unbranched alkanes of at least 4 members (excludes halogenated alkanes) is 1. The summed E-state index contributed by atoms with van der Waals surface area (Å²) >= 11 is 0. The predicted octanol–water partition coefficient (Wildman–Crippen LogP) is 2.11. The molecule has 0 bridgehead atoms. The zero-order chi connectivity index (χ0) is 13.4. The van der Waals surface area contributed by atoms with Crippen LogP contribution in [-0.4, -0.2) is 18.6 Å². The molecule has 0 radical (unpaired) electrons. The summed E-state index contributed by atoms with van der Waals surface area (Å²) < 4.78 is 5.16. The molecule has 5 nitrogen and oxygen atoms in total. The Labute approximate surface area is 106 Å². The van der Waals surface area contributed by atoms with Crippen molar-refractivity contribution < 1.29 is 9.66 Å². The van der Waals surface area contributed by atoms with E-state index in [0.717, 1.165) is 24.9 Å². The molecule has 0 aliphatic rings. The summed E-state index contributed by atoms with van der Waals surface area (Å²) in [5.74, 6) is 3.20. The number of methoxy groups -OCH3 is 1. The molecule has 1 aromatic rings. The first-order valence-electron chi connectivity index (χ1n) is 5.64. The number of rotatable bonds is 7. The zero-order valence-corrected chi connectivity index (χ0v) is 10.3. The molecule has 0 aliphatic carbocycles. The van der Waals surface area contributed by atoms with E-state index < -0.39 is 4.92 Å². The van der Waals surface area contributed by atoms with Crippen LogP contribution in [0.5, 0.6) is 5.75 Å². The van der Waals surface area contributed by atoms with Crippen molar-refractivity contribution in [2.45, 2.75) is 19.4 Å². The van der Waals surface area contributed by atoms with Gasteiger partial charge in [0.15, 0.2) is 0 Å². The van der Waals surface area contributed by atoms with E-state index >= 15 is 0 Å². The van der Waals surface area contributed by atoms with Gasteiger partial charge in [0.25, 0.3) is 5.69 Å². The molecule has 0 aromatic heterocycles. The van der Waals surface area contributed by atoms with Crippen molar-refractivity contribution in [2.24, 2.45) is 0 Å². The molecule has 0 spiro atoms. The molecule has 0 heterocycles. The van der Waals surface area contributed by atoms with Crippen LogP contribution in [0.1, 0.15) is 18.4 Å². The Balaban J connectivity index is 2.64. The third-order valence-electron chi connectivity index (χ3n) is 2.46. The molecule has 0 fully saturated rings. The highest BCUT2D eigenvalue weighted by molar-refractivity contribution is 5.43. The second kappa shape index (κ2) is 7.30. The monoisotopic (exact) mass is 248 g/mol. The van der Waals surface area contributed by atoms with Crippen molar-refractivity contribution >= 4 is 5.69 Å². The third-order valence-corrected chi connectivity index (χ3v) is 2.46. The summed E-state index contributed by atoms with van der Waals surface area (Å²) in [5.41, 5.74) is 0.837. The summed E-state index contributed by atoms with van der Waals surface area (Å²) in [5, 5.41) is 13.9. The van der Waals surface area contributed by atoms with Gasteiger partial charge in [0.2, 0.25) is 0 Å². The van der Waals surface area contributed by atoms with Crippen LogP contribution in [0.2, 0.25) is 0 Å². The zero-order valence-electron chi connectivity index (χ0n) is 10.3. The number of nitro benzene ring substituents is 1. The Morgan fingerprint density at radius 3 is 2.94 bits per heavy atom. The summed E-state index contributed by atoms with van der Waals surface area (Å²) in [6, 6.07) is 4.56. The number of nitrogens with zero attached hydrogens (tertiary/aromatic N) is 1. The van der Waals surface area contributed by atoms with Crippen LogP contribution in [0.25, 0.3) is 0 Å². The fourth-order valence-corrected chi connectivity index (χ4v) is 1.56. The number of benzene rings is 1. The fraction of sp³-hybridized carbons (Fsp3) is 0.385. The van der Waals surface area contributed by atoms with Gasteiger partial charge in [-0.25, -0.2) is 0 Å². The van der Waals surface area contributed by atoms with Gasteiger partial charge in [-0.15, -0.1) is 12.3 Å². The van der Waals surface area contributed by atoms with Gasteiger partial charge in [-0.1, -0.05) is 0 Å². The van der Waals surface area contributed by atoms with E-state index in [1.807, 2.05) is 0 Å². The van der Waals surface area contributed by atoms with Crippen LogP contribution in [-0.2, 0) is 6.54 Å².